The van der Waals surface area contributed by atoms with Crippen molar-refractivity contribution < 1.29 is 9.53 Å². The van der Waals surface area contributed by atoms with Crippen molar-refractivity contribution in [2.75, 3.05) is 6.61 Å². The molecule has 0 aliphatic heterocycles. The Morgan fingerprint density at radius 2 is 2.08 bits per heavy atom. The molecule has 0 bridgehead atoms. The molecule has 0 saturated carbocycles. The number of carbonyl (C=O) groups is 1. The van der Waals surface area contributed by atoms with E-state index in [1.165, 1.54) is 6.20 Å². The number of aryl methyl sites for hydroxylation is 1. The van der Waals surface area contributed by atoms with Gasteiger partial charge in [-0.25, -0.2) is 0 Å². The molecule has 0 aromatic heterocycles. The second-order valence-corrected chi connectivity index (χ2v) is 5.82. The molecular formula is C19H27N3O2. The SMILES string of the molecule is CCOc1ccc(C)cc1C(C)NC(=O)/C(C#N)=C\NC(C)CC. The van der Waals surface area contributed by atoms with Crippen LogP contribution in [0.1, 0.15) is 51.3 Å². The van der Waals surface area contributed by atoms with Gasteiger partial charge in [-0.05, 0) is 40.2 Å². The van der Waals surface area contributed by atoms with Gasteiger partial charge in [-0.3, -0.25) is 4.79 Å². The number of carbonyl (C=O) groups excluding carboxylic acids is 1. The zero-order valence-electron chi connectivity index (χ0n) is 15.1. The van der Waals surface area contributed by atoms with E-state index in [-0.39, 0.29) is 17.7 Å². The van der Waals surface area contributed by atoms with Crippen LogP contribution in [0.4, 0.5) is 0 Å². The summed E-state index contributed by atoms with van der Waals surface area (Å²) in [5.74, 6) is 0.348. The van der Waals surface area contributed by atoms with Crippen LogP contribution in [0.15, 0.2) is 30.0 Å². The molecule has 0 spiro atoms. The molecular weight excluding hydrogens is 302 g/mol. The topological polar surface area (TPSA) is 74.1 Å². The van der Waals surface area contributed by atoms with Crippen LogP contribution < -0.4 is 15.4 Å². The van der Waals surface area contributed by atoms with Crippen LogP contribution in [0, 0.1) is 18.3 Å². The number of hydrogen-bond acceptors (Lipinski definition) is 4. The standard InChI is InChI=1S/C19H27N3O2/c1-6-14(4)21-12-16(11-20)19(23)22-15(5)17-10-13(3)8-9-18(17)24-7-2/h8-10,12,14-15,21H,6-7H2,1-5H3,(H,22,23)/b16-12-. The predicted octanol–water partition coefficient (Wildman–Crippen LogP) is 3.37. The molecule has 130 valence electrons. The van der Waals surface area contributed by atoms with Gasteiger partial charge in [-0.2, -0.15) is 5.26 Å². The van der Waals surface area contributed by atoms with Gasteiger partial charge >= 0.3 is 0 Å². The van der Waals surface area contributed by atoms with Crippen molar-refractivity contribution in [2.45, 2.75) is 53.1 Å². The summed E-state index contributed by atoms with van der Waals surface area (Å²) in [5, 5.41) is 15.1. The first-order valence-electron chi connectivity index (χ1n) is 8.33. The Morgan fingerprint density at radius 3 is 2.67 bits per heavy atom. The summed E-state index contributed by atoms with van der Waals surface area (Å²) in [6, 6.07) is 7.75. The monoisotopic (exact) mass is 329 g/mol. The highest BCUT2D eigenvalue weighted by Crippen LogP contribution is 2.26. The molecule has 0 radical (unpaired) electrons. The highest BCUT2D eigenvalue weighted by Gasteiger charge is 2.17. The van der Waals surface area contributed by atoms with Gasteiger partial charge in [0.05, 0.1) is 12.6 Å². The van der Waals surface area contributed by atoms with Gasteiger partial charge < -0.3 is 15.4 Å². The summed E-state index contributed by atoms with van der Waals surface area (Å²) in [4.78, 5) is 12.3. The van der Waals surface area contributed by atoms with Crippen LogP contribution in [-0.2, 0) is 4.79 Å². The number of rotatable bonds is 8. The average Bonchev–Trinajstić information content (AvgIpc) is 2.56. The molecule has 24 heavy (non-hydrogen) atoms. The lowest BCUT2D eigenvalue weighted by atomic mass is 10.0. The fourth-order valence-corrected chi connectivity index (χ4v) is 2.14. The van der Waals surface area contributed by atoms with E-state index in [1.807, 2.05) is 58.9 Å². The molecule has 5 heteroatoms. The molecule has 2 atom stereocenters. The van der Waals surface area contributed by atoms with E-state index in [2.05, 4.69) is 10.6 Å². The predicted molar refractivity (Wildman–Crippen MR) is 95.5 cm³/mol. The number of nitrogens with zero attached hydrogens (tertiary/aromatic N) is 1. The number of benzene rings is 1. The molecule has 1 rings (SSSR count). The Balaban J connectivity index is 2.90. The molecule has 1 aromatic rings. The van der Waals surface area contributed by atoms with E-state index in [0.717, 1.165) is 23.3 Å². The second kappa shape index (κ2) is 9.61. The minimum atomic E-state index is -0.398. The highest BCUT2D eigenvalue weighted by molar-refractivity contribution is 5.97. The summed E-state index contributed by atoms with van der Waals surface area (Å²) in [6.07, 6.45) is 2.39. The number of amides is 1. The van der Waals surface area contributed by atoms with E-state index < -0.39 is 5.91 Å². The maximum Gasteiger partial charge on any atom is 0.263 e. The molecule has 0 fully saturated rings. The zero-order valence-corrected chi connectivity index (χ0v) is 15.1. The molecule has 2 unspecified atom stereocenters. The second-order valence-electron chi connectivity index (χ2n) is 5.82. The fraction of sp³-hybridized carbons (Fsp3) is 0.474. The van der Waals surface area contributed by atoms with Crippen LogP contribution in [-0.4, -0.2) is 18.6 Å². The third kappa shape index (κ3) is 5.62. The molecule has 0 aliphatic rings. The Morgan fingerprint density at radius 1 is 1.38 bits per heavy atom. The summed E-state index contributed by atoms with van der Waals surface area (Å²) in [7, 11) is 0. The minimum Gasteiger partial charge on any atom is -0.494 e. The van der Waals surface area contributed by atoms with Crippen molar-refractivity contribution >= 4 is 5.91 Å². The van der Waals surface area contributed by atoms with Crippen molar-refractivity contribution in [3.63, 3.8) is 0 Å². The van der Waals surface area contributed by atoms with E-state index in [4.69, 9.17) is 4.74 Å². The van der Waals surface area contributed by atoms with Crippen molar-refractivity contribution in [3.05, 3.63) is 41.1 Å². The van der Waals surface area contributed by atoms with Crippen LogP contribution in [0.5, 0.6) is 5.75 Å². The lowest BCUT2D eigenvalue weighted by Crippen LogP contribution is -2.29. The van der Waals surface area contributed by atoms with Crippen LogP contribution in [0.2, 0.25) is 0 Å². The highest BCUT2D eigenvalue weighted by atomic mass is 16.5. The van der Waals surface area contributed by atoms with E-state index >= 15 is 0 Å². The molecule has 0 aliphatic carbocycles. The van der Waals surface area contributed by atoms with Crippen molar-refractivity contribution in [2.24, 2.45) is 0 Å². The van der Waals surface area contributed by atoms with Gasteiger partial charge in [0.2, 0.25) is 0 Å². The Kier molecular flexibility index (Phi) is 7.84. The number of nitrogens with one attached hydrogen (secondary N) is 2. The molecule has 5 nitrogen and oxygen atoms in total. The maximum atomic E-state index is 12.3. The van der Waals surface area contributed by atoms with Gasteiger partial charge in [-0.15, -0.1) is 0 Å². The first-order valence-corrected chi connectivity index (χ1v) is 8.33. The normalized spacial score (nSPS) is 13.6. The van der Waals surface area contributed by atoms with Gasteiger partial charge in [0.15, 0.2) is 0 Å². The Hall–Kier alpha value is -2.48. The lowest BCUT2D eigenvalue weighted by Gasteiger charge is -2.18. The quantitative estimate of drug-likeness (QED) is 0.566. The Labute approximate surface area is 144 Å². The van der Waals surface area contributed by atoms with E-state index in [1.54, 1.807) is 0 Å². The zero-order chi connectivity index (χ0) is 18.1. The summed E-state index contributed by atoms with van der Waals surface area (Å²) in [5.41, 5.74) is 2.05. The smallest absolute Gasteiger partial charge is 0.263 e. The summed E-state index contributed by atoms with van der Waals surface area (Å²) >= 11 is 0. The van der Waals surface area contributed by atoms with E-state index in [0.29, 0.717) is 6.61 Å². The first kappa shape index (κ1) is 19.6. The fourth-order valence-electron chi connectivity index (χ4n) is 2.14. The number of nitriles is 1. The van der Waals surface area contributed by atoms with Crippen LogP contribution >= 0.6 is 0 Å². The van der Waals surface area contributed by atoms with Crippen molar-refractivity contribution in [3.8, 4) is 11.8 Å². The molecule has 0 heterocycles. The van der Waals surface area contributed by atoms with Crippen molar-refractivity contribution in [1.82, 2.24) is 10.6 Å². The van der Waals surface area contributed by atoms with Crippen molar-refractivity contribution in [1.29, 1.82) is 5.26 Å². The molecule has 1 amide bonds. The third-order valence-corrected chi connectivity index (χ3v) is 3.77. The van der Waals surface area contributed by atoms with Crippen LogP contribution in [0.3, 0.4) is 0 Å². The molecule has 2 N–H and O–H groups in total. The Bertz CT molecular complexity index is 632. The minimum absolute atomic E-state index is 0.0627. The summed E-state index contributed by atoms with van der Waals surface area (Å²) < 4.78 is 5.63. The molecule has 1 aromatic carbocycles. The third-order valence-electron chi connectivity index (χ3n) is 3.77. The largest absolute Gasteiger partial charge is 0.494 e. The average molecular weight is 329 g/mol. The van der Waals surface area contributed by atoms with Crippen LogP contribution in [0.25, 0.3) is 0 Å². The summed E-state index contributed by atoms with van der Waals surface area (Å²) in [6.45, 7) is 10.4. The van der Waals surface area contributed by atoms with Gasteiger partial charge in [0, 0.05) is 17.8 Å². The molecule has 0 saturated heterocycles. The van der Waals surface area contributed by atoms with Gasteiger partial charge in [0.25, 0.3) is 5.91 Å². The maximum absolute atomic E-state index is 12.3. The lowest BCUT2D eigenvalue weighted by molar-refractivity contribution is -0.117. The number of ether oxygens (including phenoxy) is 1. The van der Waals surface area contributed by atoms with Gasteiger partial charge in [0.1, 0.15) is 17.4 Å². The van der Waals surface area contributed by atoms with Gasteiger partial charge in [-0.1, -0.05) is 24.6 Å². The number of hydrogen-bond donors (Lipinski definition) is 2. The van der Waals surface area contributed by atoms with E-state index in [9.17, 15) is 10.1 Å². The first-order chi connectivity index (χ1) is 11.4.